The Morgan fingerprint density at radius 2 is 1.69 bits per heavy atom. The largest absolute Gasteiger partial charge is 0.473 e. The molecule has 4 nitrogen and oxygen atoms in total. The fourth-order valence-corrected chi connectivity index (χ4v) is 4.14. The van der Waals surface area contributed by atoms with Gasteiger partial charge in [-0.1, -0.05) is 42.5 Å². The van der Waals surface area contributed by atoms with Crippen LogP contribution in [0.1, 0.15) is 15.9 Å². The first-order valence-electron chi connectivity index (χ1n) is 8.31. The molecule has 1 aliphatic rings. The number of para-hydroxylation sites is 1. The van der Waals surface area contributed by atoms with Gasteiger partial charge in [-0.25, -0.2) is 0 Å². The predicted octanol–water partition coefficient (Wildman–Crippen LogP) is 4.96. The number of anilines is 1. The number of nitrogens with zero attached hydrogens (tertiary/aromatic N) is 1. The molecule has 1 heterocycles. The average molecular weight is 358 g/mol. The Balaban J connectivity index is 1.55. The van der Waals surface area contributed by atoms with E-state index in [0.29, 0.717) is 11.1 Å². The van der Waals surface area contributed by atoms with Crippen LogP contribution in [-0.2, 0) is 0 Å². The molecular formula is C21H14N2O2S. The zero-order valence-electron chi connectivity index (χ0n) is 13.7. The van der Waals surface area contributed by atoms with Gasteiger partial charge in [0, 0.05) is 22.2 Å². The molecule has 1 aliphatic carbocycles. The summed E-state index contributed by atoms with van der Waals surface area (Å²) in [5.74, 6) is 0.811. The summed E-state index contributed by atoms with van der Waals surface area (Å²) in [6, 6.07) is 21.2. The van der Waals surface area contributed by atoms with Crippen LogP contribution in [0.2, 0.25) is 0 Å². The third-order valence-electron chi connectivity index (χ3n) is 4.54. The van der Waals surface area contributed by atoms with Gasteiger partial charge in [0.2, 0.25) is 0 Å². The van der Waals surface area contributed by atoms with Crippen LogP contribution in [0, 0.1) is 0 Å². The van der Waals surface area contributed by atoms with Crippen molar-refractivity contribution in [1.29, 1.82) is 0 Å². The maximum atomic E-state index is 13.1. The van der Waals surface area contributed by atoms with Crippen LogP contribution in [0.3, 0.4) is 0 Å². The quantitative estimate of drug-likeness (QED) is 0.462. The molecule has 0 saturated carbocycles. The number of hydrogen-bond acceptors (Lipinski definition) is 5. The van der Waals surface area contributed by atoms with Crippen LogP contribution in [0.25, 0.3) is 21.3 Å². The highest BCUT2D eigenvalue weighted by Crippen LogP contribution is 2.43. The number of benzene rings is 3. The number of rotatable bonds is 4. The van der Waals surface area contributed by atoms with Crippen molar-refractivity contribution in [3.05, 3.63) is 77.9 Å². The van der Waals surface area contributed by atoms with Crippen molar-refractivity contribution < 1.29 is 9.53 Å². The minimum Gasteiger partial charge on any atom is -0.473 e. The van der Waals surface area contributed by atoms with Crippen LogP contribution < -0.4 is 10.1 Å². The smallest absolute Gasteiger partial charge is 0.196 e. The van der Waals surface area contributed by atoms with Crippen molar-refractivity contribution in [1.82, 2.24) is 4.37 Å². The fourth-order valence-electron chi connectivity index (χ4n) is 3.34. The van der Waals surface area contributed by atoms with Crippen molar-refractivity contribution in [3.8, 4) is 17.0 Å². The third-order valence-corrected chi connectivity index (χ3v) is 5.35. The Hall–Kier alpha value is -3.18. The average Bonchev–Trinajstić information content (AvgIpc) is 3.12. The summed E-state index contributed by atoms with van der Waals surface area (Å²) in [6.07, 6.45) is 0. The lowest BCUT2D eigenvalue weighted by atomic mass is 9.87. The van der Waals surface area contributed by atoms with Crippen molar-refractivity contribution in [2.24, 2.45) is 0 Å². The highest BCUT2D eigenvalue weighted by atomic mass is 32.1. The van der Waals surface area contributed by atoms with E-state index in [1.165, 1.54) is 11.5 Å². The van der Waals surface area contributed by atoms with Gasteiger partial charge in [-0.3, -0.25) is 4.79 Å². The van der Waals surface area contributed by atoms with E-state index in [-0.39, 0.29) is 12.5 Å². The van der Waals surface area contributed by atoms with E-state index in [9.17, 15) is 4.79 Å². The number of ether oxygens (including phenoxy) is 1. The van der Waals surface area contributed by atoms with E-state index in [1.54, 1.807) is 0 Å². The fraction of sp³-hybridized carbons (Fsp3) is 0.0476. The molecule has 0 aliphatic heterocycles. The Kier molecular flexibility index (Phi) is 3.47. The van der Waals surface area contributed by atoms with E-state index in [0.717, 1.165) is 32.8 Å². The lowest BCUT2D eigenvalue weighted by molar-refractivity contribution is 0.104. The van der Waals surface area contributed by atoms with Gasteiger partial charge in [0.25, 0.3) is 0 Å². The maximum absolute atomic E-state index is 13.1. The zero-order chi connectivity index (χ0) is 17.5. The standard InChI is InChI=1S/C21H14N2O2S/c24-21-15-9-5-4-8-14(15)20-19-17(26-23-20)11-10-16(18(19)21)22-12-25-13-6-2-1-3-7-13/h1-11,22H,12H2. The highest BCUT2D eigenvalue weighted by molar-refractivity contribution is 7.13. The van der Waals surface area contributed by atoms with Crippen molar-refractivity contribution in [3.63, 3.8) is 0 Å². The minimum absolute atomic E-state index is 0.0288. The first-order valence-corrected chi connectivity index (χ1v) is 9.08. The van der Waals surface area contributed by atoms with E-state index in [2.05, 4.69) is 9.69 Å². The molecule has 3 aromatic carbocycles. The van der Waals surface area contributed by atoms with Gasteiger partial charge >= 0.3 is 0 Å². The molecule has 0 amide bonds. The lowest BCUT2D eigenvalue weighted by Crippen LogP contribution is -2.15. The van der Waals surface area contributed by atoms with Crippen molar-refractivity contribution in [2.75, 3.05) is 12.0 Å². The molecule has 1 aromatic heterocycles. The van der Waals surface area contributed by atoms with Crippen LogP contribution in [-0.4, -0.2) is 16.9 Å². The minimum atomic E-state index is 0.0288. The molecule has 0 bridgehead atoms. The summed E-state index contributed by atoms with van der Waals surface area (Å²) in [7, 11) is 0. The first-order chi connectivity index (χ1) is 12.8. The number of ketones is 1. The van der Waals surface area contributed by atoms with Gasteiger partial charge in [0.1, 0.15) is 5.75 Å². The number of hydrogen-bond donors (Lipinski definition) is 1. The molecule has 0 radical (unpaired) electrons. The van der Waals surface area contributed by atoms with Gasteiger partial charge in [0.05, 0.1) is 16.0 Å². The molecule has 0 saturated heterocycles. The van der Waals surface area contributed by atoms with Crippen LogP contribution >= 0.6 is 11.5 Å². The third kappa shape index (κ3) is 2.29. The Labute approximate surface area is 154 Å². The van der Waals surface area contributed by atoms with Crippen LogP contribution in [0.15, 0.2) is 66.7 Å². The van der Waals surface area contributed by atoms with Crippen LogP contribution in [0.5, 0.6) is 5.75 Å². The molecule has 0 spiro atoms. The molecule has 0 atom stereocenters. The molecule has 26 heavy (non-hydrogen) atoms. The maximum Gasteiger partial charge on any atom is 0.196 e. The van der Waals surface area contributed by atoms with Gasteiger partial charge in [-0.15, -0.1) is 0 Å². The molecule has 126 valence electrons. The van der Waals surface area contributed by atoms with Gasteiger partial charge in [-0.05, 0) is 35.8 Å². The number of nitrogens with one attached hydrogen (secondary N) is 1. The van der Waals surface area contributed by atoms with Gasteiger partial charge in [0.15, 0.2) is 12.5 Å². The molecule has 0 unspecified atom stereocenters. The van der Waals surface area contributed by atoms with E-state index in [1.807, 2.05) is 66.7 Å². The van der Waals surface area contributed by atoms with E-state index in [4.69, 9.17) is 4.74 Å². The second-order valence-corrected chi connectivity index (χ2v) is 6.85. The monoisotopic (exact) mass is 358 g/mol. The summed E-state index contributed by atoms with van der Waals surface area (Å²) in [4.78, 5) is 13.1. The molecular weight excluding hydrogens is 344 g/mol. The van der Waals surface area contributed by atoms with E-state index >= 15 is 0 Å². The molecule has 1 N–H and O–H groups in total. The Morgan fingerprint density at radius 3 is 2.54 bits per heavy atom. The molecule has 4 aromatic rings. The second kappa shape index (κ2) is 5.97. The van der Waals surface area contributed by atoms with E-state index < -0.39 is 0 Å². The van der Waals surface area contributed by atoms with Crippen molar-refractivity contribution >= 4 is 33.1 Å². The van der Waals surface area contributed by atoms with Crippen LogP contribution in [0.4, 0.5) is 5.69 Å². The number of carbonyl (C=O) groups is 1. The summed E-state index contributed by atoms with van der Waals surface area (Å²) in [5.41, 5.74) is 3.96. The zero-order valence-corrected chi connectivity index (χ0v) is 14.5. The summed E-state index contributed by atoms with van der Waals surface area (Å²) in [6.45, 7) is 0.282. The second-order valence-electron chi connectivity index (χ2n) is 6.05. The molecule has 5 rings (SSSR count). The summed E-state index contributed by atoms with van der Waals surface area (Å²) < 4.78 is 11.3. The summed E-state index contributed by atoms with van der Waals surface area (Å²) >= 11 is 1.43. The molecule has 0 fully saturated rings. The molecule has 5 heteroatoms. The van der Waals surface area contributed by atoms with Crippen molar-refractivity contribution in [2.45, 2.75) is 0 Å². The SMILES string of the molecule is O=C1c2ccccc2-c2nsc3ccc(NCOc4ccccc4)c1c23. The Morgan fingerprint density at radius 1 is 0.923 bits per heavy atom. The van der Waals surface area contributed by atoms with Gasteiger partial charge < -0.3 is 10.1 Å². The Bertz CT molecular complexity index is 1140. The predicted molar refractivity (Wildman–Crippen MR) is 104 cm³/mol. The van der Waals surface area contributed by atoms with Gasteiger partial charge in [-0.2, -0.15) is 4.37 Å². The summed E-state index contributed by atoms with van der Waals surface area (Å²) in [5, 5.41) is 4.18. The lowest BCUT2D eigenvalue weighted by Gasteiger charge is -2.19. The normalized spacial score (nSPS) is 12.1. The number of aromatic nitrogens is 1. The highest BCUT2D eigenvalue weighted by Gasteiger charge is 2.29. The topological polar surface area (TPSA) is 51.2 Å². The first kappa shape index (κ1) is 15.1. The number of fused-ring (bicyclic) bond motifs is 2. The number of carbonyl (C=O) groups excluding carboxylic acids is 1.